The maximum Gasteiger partial charge on any atom is 0.273 e. The highest BCUT2D eigenvalue weighted by atomic mass is 127. The van der Waals surface area contributed by atoms with Gasteiger partial charge in [-0.25, -0.2) is 4.68 Å². The van der Waals surface area contributed by atoms with Crippen molar-refractivity contribution >= 4 is 79.3 Å². The molecule has 0 unspecified atom stereocenters. The first-order valence-electron chi connectivity index (χ1n) is 10.9. The van der Waals surface area contributed by atoms with Gasteiger partial charge in [0.05, 0.1) is 16.4 Å². The van der Waals surface area contributed by atoms with Gasteiger partial charge in [-0.2, -0.15) is 5.10 Å². The van der Waals surface area contributed by atoms with Crippen LogP contribution in [-0.4, -0.2) is 15.7 Å². The lowest BCUT2D eigenvalue weighted by atomic mass is 9.90. The fourth-order valence-corrected chi connectivity index (χ4v) is 5.71. The van der Waals surface area contributed by atoms with Gasteiger partial charge in [0.25, 0.3) is 5.91 Å². The van der Waals surface area contributed by atoms with Crippen LogP contribution >= 0.6 is 61.7 Å². The lowest BCUT2D eigenvalue weighted by Crippen LogP contribution is -2.26. The van der Waals surface area contributed by atoms with E-state index in [2.05, 4.69) is 43.8 Å². The number of hydrogen-bond acceptors (Lipinski definition) is 3. The lowest BCUT2D eigenvalue weighted by molar-refractivity contribution is 0.0945. The van der Waals surface area contributed by atoms with Crippen LogP contribution in [0.3, 0.4) is 0 Å². The molecule has 0 saturated heterocycles. The number of allylic oxidation sites excluding steroid dienone is 1. The van der Waals surface area contributed by atoms with Crippen molar-refractivity contribution in [2.24, 2.45) is 0 Å². The first-order valence-corrected chi connectivity index (χ1v) is 13.7. The normalized spacial score (nSPS) is 15.1. The topological polar surface area (TPSA) is 60.1 Å². The number of alkyl halides is 1. The number of aromatic nitrogens is 2. The summed E-state index contributed by atoms with van der Waals surface area (Å²) in [7, 11) is 0. The predicted molar refractivity (Wildman–Crippen MR) is 151 cm³/mol. The summed E-state index contributed by atoms with van der Waals surface area (Å²) >= 11 is 18.3. The highest BCUT2D eigenvalue weighted by Gasteiger charge is 2.30. The van der Waals surface area contributed by atoms with Crippen molar-refractivity contribution in [1.82, 2.24) is 15.1 Å². The van der Waals surface area contributed by atoms with Gasteiger partial charge in [-0.1, -0.05) is 76.1 Å². The van der Waals surface area contributed by atoms with Gasteiger partial charge in [0, 0.05) is 10.6 Å². The third kappa shape index (κ3) is 5.23. The minimum absolute atomic E-state index is 0.194. The third-order valence-corrected chi connectivity index (χ3v) is 7.77. The molecule has 1 aliphatic rings. The van der Waals surface area contributed by atoms with E-state index in [9.17, 15) is 4.79 Å². The molecule has 0 spiro atoms. The van der Waals surface area contributed by atoms with Crippen molar-refractivity contribution in [3.63, 3.8) is 0 Å². The summed E-state index contributed by atoms with van der Waals surface area (Å²) in [5, 5.41) is 8.87. The standard InChI is InChI=1S/C26H19BrCl2IN3O2/c27-22-12-10-18(35-22)13-16-7-4-8-19-23(26(34)31-25(30)15-5-2-1-3-6-15)32-33(24(16)19)21-11-9-17(28)14-20(21)29/h1-3,5-6,9-14,25H,4,7-8H2,(H,31,34)/b16-13+/t25-/m0/s1. The number of hydrogen-bond donors (Lipinski definition) is 1. The van der Waals surface area contributed by atoms with E-state index in [1.165, 1.54) is 0 Å². The molecule has 2 aromatic carbocycles. The summed E-state index contributed by atoms with van der Waals surface area (Å²) < 4.78 is 7.95. The van der Waals surface area contributed by atoms with E-state index in [1.54, 1.807) is 16.8 Å². The van der Waals surface area contributed by atoms with Crippen molar-refractivity contribution in [2.75, 3.05) is 0 Å². The maximum atomic E-state index is 13.5. The minimum atomic E-state index is -0.227. The number of nitrogens with zero attached hydrogens (tertiary/aromatic N) is 2. The van der Waals surface area contributed by atoms with Gasteiger partial charge in [-0.05, 0) is 82.7 Å². The highest BCUT2D eigenvalue weighted by Crippen LogP contribution is 2.38. The number of halogens is 4. The van der Waals surface area contributed by atoms with Crippen LogP contribution in [0.2, 0.25) is 10.0 Å². The third-order valence-electron chi connectivity index (χ3n) is 5.77. The summed E-state index contributed by atoms with van der Waals surface area (Å²) in [5.41, 5.74) is 4.86. The molecule has 5 rings (SSSR count). The zero-order valence-electron chi connectivity index (χ0n) is 18.3. The van der Waals surface area contributed by atoms with E-state index in [0.717, 1.165) is 47.4 Å². The number of carbonyl (C=O) groups is 1. The second kappa shape index (κ2) is 10.5. The molecule has 35 heavy (non-hydrogen) atoms. The van der Waals surface area contributed by atoms with Crippen molar-refractivity contribution in [3.8, 4) is 5.69 Å². The maximum absolute atomic E-state index is 13.5. The van der Waals surface area contributed by atoms with E-state index < -0.39 is 0 Å². The molecule has 1 atom stereocenters. The quantitative estimate of drug-likeness (QED) is 0.131. The Hall–Kier alpha value is -2.07. The molecule has 0 aliphatic heterocycles. The second-order valence-electron chi connectivity index (χ2n) is 8.10. The van der Waals surface area contributed by atoms with Crippen LogP contribution in [0.25, 0.3) is 17.3 Å². The van der Waals surface area contributed by atoms with Gasteiger partial charge >= 0.3 is 0 Å². The van der Waals surface area contributed by atoms with Gasteiger partial charge in [-0.15, -0.1) is 0 Å². The Kier molecular flexibility index (Phi) is 7.39. The Balaban J connectivity index is 1.61. The molecule has 0 fully saturated rings. The van der Waals surface area contributed by atoms with Crippen LogP contribution in [0.5, 0.6) is 0 Å². The fraction of sp³-hybridized carbons (Fsp3) is 0.154. The molecule has 2 aromatic heterocycles. The molecular weight excluding hydrogens is 664 g/mol. The number of nitrogens with one attached hydrogen (secondary N) is 1. The number of amides is 1. The van der Waals surface area contributed by atoms with E-state index in [4.69, 9.17) is 32.7 Å². The average molecular weight is 683 g/mol. The van der Waals surface area contributed by atoms with Gasteiger partial charge in [0.15, 0.2) is 10.4 Å². The smallest absolute Gasteiger partial charge is 0.273 e. The number of carbonyl (C=O) groups excluding carboxylic acids is 1. The van der Waals surface area contributed by atoms with Crippen LogP contribution in [0.4, 0.5) is 0 Å². The van der Waals surface area contributed by atoms with E-state index in [0.29, 0.717) is 26.1 Å². The van der Waals surface area contributed by atoms with Gasteiger partial charge in [-0.3, -0.25) is 4.79 Å². The Morgan fingerprint density at radius 1 is 1.14 bits per heavy atom. The Morgan fingerprint density at radius 3 is 2.66 bits per heavy atom. The van der Waals surface area contributed by atoms with Crippen molar-refractivity contribution in [1.29, 1.82) is 0 Å². The molecule has 0 bridgehead atoms. The van der Waals surface area contributed by atoms with Crippen molar-refractivity contribution in [3.05, 3.63) is 104 Å². The van der Waals surface area contributed by atoms with E-state index in [-0.39, 0.29) is 9.96 Å². The van der Waals surface area contributed by atoms with Crippen LogP contribution in [0.15, 0.2) is 69.8 Å². The Morgan fingerprint density at radius 2 is 1.94 bits per heavy atom. The largest absolute Gasteiger partial charge is 0.450 e. The van der Waals surface area contributed by atoms with Gasteiger partial charge < -0.3 is 9.73 Å². The molecule has 5 nitrogen and oxygen atoms in total. The molecule has 178 valence electrons. The van der Waals surface area contributed by atoms with Crippen LogP contribution in [0.1, 0.15) is 50.0 Å². The average Bonchev–Trinajstić information content (AvgIpc) is 3.43. The van der Waals surface area contributed by atoms with Crippen molar-refractivity contribution in [2.45, 2.75) is 23.3 Å². The Labute approximate surface area is 234 Å². The molecular formula is C26H19BrCl2IN3O2. The SMILES string of the molecule is O=C(N[C@H](I)c1ccccc1)c1nn(-c2ccc(Cl)cc2Cl)c2c1CCC/C2=C\c1ccc(Br)o1. The summed E-state index contributed by atoms with van der Waals surface area (Å²) in [6.07, 6.45) is 4.45. The van der Waals surface area contributed by atoms with Crippen LogP contribution in [-0.2, 0) is 6.42 Å². The number of fused-ring (bicyclic) bond motifs is 1. The molecule has 1 N–H and O–H groups in total. The van der Waals surface area contributed by atoms with Gasteiger partial charge in [0.1, 0.15) is 9.81 Å². The summed E-state index contributed by atoms with van der Waals surface area (Å²) in [6.45, 7) is 0. The summed E-state index contributed by atoms with van der Waals surface area (Å²) in [4.78, 5) is 13.5. The first-order chi connectivity index (χ1) is 16.9. The Bertz CT molecular complexity index is 1430. The van der Waals surface area contributed by atoms with E-state index in [1.807, 2.05) is 54.6 Å². The number of benzene rings is 2. The zero-order valence-corrected chi connectivity index (χ0v) is 23.5. The lowest BCUT2D eigenvalue weighted by Gasteiger charge is -2.19. The second-order valence-corrected chi connectivity index (χ2v) is 11.0. The highest BCUT2D eigenvalue weighted by molar-refractivity contribution is 14.1. The van der Waals surface area contributed by atoms with Gasteiger partial charge in [0.2, 0.25) is 0 Å². The van der Waals surface area contributed by atoms with E-state index >= 15 is 0 Å². The molecule has 0 saturated carbocycles. The zero-order chi connectivity index (χ0) is 24.5. The number of rotatable bonds is 5. The minimum Gasteiger partial charge on any atom is -0.450 e. The molecule has 4 aromatic rings. The number of furan rings is 1. The van der Waals surface area contributed by atoms with Crippen LogP contribution in [0, 0.1) is 0 Å². The predicted octanol–water partition coefficient (Wildman–Crippen LogP) is 8.28. The summed E-state index contributed by atoms with van der Waals surface area (Å²) in [5.74, 6) is 0.493. The first kappa shape index (κ1) is 24.6. The molecule has 2 heterocycles. The monoisotopic (exact) mass is 681 g/mol. The fourth-order valence-electron chi connectivity index (χ4n) is 4.21. The van der Waals surface area contributed by atoms with Crippen molar-refractivity contribution < 1.29 is 9.21 Å². The summed E-state index contributed by atoms with van der Waals surface area (Å²) in [6, 6.07) is 18.9. The molecule has 1 aliphatic carbocycles. The molecule has 9 heteroatoms. The van der Waals surface area contributed by atoms with Crippen LogP contribution < -0.4 is 5.32 Å². The molecule has 0 radical (unpaired) electrons. The molecule has 1 amide bonds.